The zero-order valence-corrected chi connectivity index (χ0v) is 15.7. The molecule has 1 aliphatic carbocycles. The fraction of sp³-hybridized carbons (Fsp3) is 0.579. The Labute approximate surface area is 154 Å². The van der Waals surface area contributed by atoms with E-state index in [0.717, 1.165) is 24.8 Å². The van der Waals surface area contributed by atoms with Crippen LogP contribution in [0.2, 0.25) is 0 Å². The second-order valence-corrected chi connectivity index (χ2v) is 9.27. The lowest BCUT2D eigenvalue weighted by Crippen LogP contribution is -2.22. The molecule has 0 bridgehead atoms. The summed E-state index contributed by atoms with van der Waals surface area (Å²) in [4.78, 5) is 22.9. The molecule has 26 heavy (non-hydrogen) atoms. The maximum Gasteiger partial charge on any atom is 0.232 e. The van der Waals surface area contributed by atoms with E-state index in [9.17, 15) is 18.0 Å². The van der Waals surface area contributed by atoms with Gasteiger partial charge in [0, 0.05) is 12.1 Å². The molecule has 1 aromatic carbocycles. The van der Waals surface area contributed by atoms with Gasteiger partial charge in [-0.05, 0) is 36.5 Å². The average Bonchev–Trinajstić information content (AvgIpc) is 2.93. The summed E-state index contributed by atoms with van der Waals surface area (Å²) in [7, 11) is -3.34. The van der Waals surface area contributed by atoms with Gasteiger partial charge in [-0.1, -0.05) is 44.2 Å². The minimum Gasteiger partial charge on any atom is -0.296 e. The average molecular weight is 378 g/mol. The van der Waals surface area contributed by atoms with Gasteiger partial charge in [0.25, 0.3) is 0 Å². The van der Waals surface area contributed by atoms with Crippen LogP contribution in [-0.2, 0) is 26.0 Å². The van der Waals surface area contributed by atoms with Crippen LogP contribution in [0.5, 0.6) is 0 Å². The van der Waals surface area contributed by atoms with Gasteiger partial charge in [-0.15, -0.1) is 0 Å². The second kappa shape index (κ2) is 8.20. The van der Waals surface area contributed by atoms with Gasteiger partial charge in [0.05, 0.1) is 11.7 Å². The summed E-state index contributed by atoms with van der Waals surface area (Å²) >= 11 is 0. The minimum atomic E-state index is -3.34. The van der Waals surface area contributed by atoms with Crippen LogP contribution in [0, 0.1) is 11.8 Å². The smallest absolute Gasteiger partial charge is 0.232 e. The Morgan fingerprint density at radius 3 is 2.35 bits per heavy atom. The number of sulfonamides is 1. The third-order valence-electron chi connectivity index (χ3n) is 5.29. The molecular formula is C19H26N2O4S. The lowest BCUT2D eigenvalue weighted by molar-refractivity contribution is -0.125. The van der Waals surface area contributed by atoms with Gasteiger partial charge in [-0.2, -0.15) is 0 Å². The van der Waals surface area contributed by atoms with Crippen molar-refractivity contribution in [1.82, 2.24) is 5.32 Å². The molecular weight excluding hydrogens is 352 g/mol. The number of amides is 2. The number of anilines is 1. The van der Waals surface area contributed by atoms with E-state index in [2.05, 4.69) is 10.0 Å². The van der Waals surface area contributed by atoms with E-state index < -0.39 is 10.0 Å². The third-order valence-corrected chi connectivity index (χ3v) is 6.61. The van der Waals surface area contributed by atoms with Crippen LogP contribution in [0.3, 0.4) is 0 Å². The molecule has 1 saturated carbocycles. The van der Waals surface area contributed by atoms with Crippen LogP contribution >= 0.6 is 0 Å². The SMILES string of the molecule is O=C1CC(Cc2ccc(NS(=O)(=O)CCC3CCCCC3)cc2)C(=O)N1. The Hall–Kier alpha value is -1.89. The molecule has 0 aromatic heterocycles. The number of carbonyl (C=O) groups is 2. The van der Waals surface area contributed by atoms with Gasteiger partial charge in [-0.3, -0.25) is 19.6 Å². The molecule has 3 rings (SSSR count). The van der Waals surface area contributed by atoms with Crippen molar-refractivity contribution in [2.24, 2.45) is 11.8 Å². The Kier molecular flexibility index (Phi) is 5.96. The molecule has 1 aromatic rings. The molecule has 2 aliphatic rings. The summed E-state index contributed by atoms with van der Waals surface area (Å²) in [5, 5.41) is 2.30. The van der Waals surface area contributed by atoms with Gasteiger partial charge in [0.15, 0.2) is 0 Å². The number of rotatable bonds is 7. The van der Waals surface area contributed by atoms with E-state index in [4.69, 9.17) is 0 Å². The molecule has 2 amide bonds. The zero-order chi connectivity index (χ0) is 18.6. The first-order valence-electron chi connectivity index (χ1n) is 9.34. The van der Waals surface area contributed by atoms with E-state index in [1.54, 1.807) is 24.3 Å². The van der Waals surface area contributed by atoms with Crippen molar-refractivity contribution >= 4 is 27.5 Å². The Morgan fingerprint density at radius 2 is 1.73 bits per heavy atom. The van der Waals surface area contributed by atoms with E-state index in [1.165, 1.54) is 19.3 Å². The molecule has 1 atom stereocenters. The molecule has 1 aliphatic heterocycles. The van der Waals surface area contributed by atoms with Crippen molar-refractivity contribution in [1.29, 1.82) is 0 Å². The van der Waals surface area contributed by atoms with Crippen molar-refractivity contribution < 1.29 is 18.0 Å². The number of carbonyl (C=O) groups excluding carboxylic acids is 2. The Morgan fingerprint density at radius 1 is 1.04 bits per heavy atom. The number of benzene rings is 1. The van der Waals surface area contributed by atoms with E-state index in [-0.39, 0.29) is 29.9 Å². The fourth-order valence-electron chi connectivity index (χ4n) is 3.79. The summed E-state index contributed by atoms with van der Waals surface area (Å²) in [5.74, 6) is -0.114. The molecule has 142 valence electrons. The van der Waals surface area contributed by atoms with Crippen LogP contribution < -0.4 is 10.0 Å². The first-order chi connectivity index (χ1) is 12.4. The maximum absolute atomic E-state index is 12.3. The highest BCUT2D eigenvalue weighted by atomic mass is 32.2. The summed E-state index contributed by atoms with van der Waals surface area (Å²) in [5.41, 5.74) is 1.44. The van der Waals surface area contributed by atoms with Gasteiger partial charge < -0.3 is 0 Å². The molecule has 1 unspecified atom stereocenters. The molecule has 1 heterocycles. The molecule has 2 fully saturated rings. The quantitative estimate of drug-likeness (QED) is 0.713. The molecule has 0 spiro atoms. The lowest BCUT2D eigenvalue weighted by atomic mass is 9.88. The summed E-state index contributed by atoms with van der Waals surface area (Å²) in [6.45, 7) is 0. The van der Waals surface area contributed by atoms with E-state index in [0.29, 0.717) is 18.0 Å². The van der Waals surface area contributed by atoms with Crippen LogP contribution in [0.15, 0.2) is 24.3 Å². The van der Waals surface area contributed by atoms with E-state index >= 15 is 0 Å². The van der Waals surface area contributed by atoms with Crippen LogP contribution in [0.25, 0.3) is 0 Å². The van der Waals surface area contributed by atoms with Crippen molar-refractivity contribution in [3.8, 4) is 0 Å². The van der Waals surface area contributed by atoms with Gasteiger partial charge in [0.2, 0.25) is 21.8 Å². The summed E-state index contributed by atoms with van der Waals surface area (Å²) in [6.07, 6.45) is 7.39. The standard InChI is InChI=1S/C19H26N2O4S/c22-18-13-16(19(23)20-18)12-15-6-8-17(9-7-15)21-26(24,25)11-10-14-4-2-1-3-5-14/h6-9,14,16,21H,1-5,10-13H2,(H,20,22,23). The number of hydrogen-bond donors (Lipinski definition) is 2. The topological polar surface area (TPSA) is 92.3 Å². The molecule has 2 N–H and O–H groups in total. The predicted molar refractivity (Wildman–Crippen MR) is 100 cm³/mol. The van der Waals surface area contributed by atoms with Crippen molar-refractivity contribution in [3.05, 3.63) is 29.8 Å². The van der Waals surface area contributed by atoms with Crippen molar-refractivity contribution in [2.75, 3.05) is 10.5 Å². The van der Waals surface area contributed by atoms with Gasteiger partial charge in [0.1, 0.15) is 0 Å². The Balaban J connectivity index is 1.51. The molecule has 7 heteroatoms. The van der Waals surface area contributed by atoms with Crippen molar-refractivity contribution in [2.45, 2.75) is 51.4 Å². The Bertz CT molecular complexity index is 752. The maximum atomic E-state index is 12.3. The zero-order valence-electron chi connectivity index (χ0n) is 14.9. The van der Waals surface area contributed by atoms with E-state index in [1.807, 2.05) is 0 Å². The molecule has 1 saturated heterocycles. The highest BCUT2D eigenvalue weighted by Gasteiger charge is 2.30. The lowest BCUT2D eigenvalue weighted by Gasteiger charge is -2.21. The van der Waals surface area contributed by atoms with Crippen LogP contribution in [0.1, 0.15) is 50.5 Å². The highest BCUT2D eigenvalue weighted by Crippen LogP contribution is 2.27. The molecule has 6 nitrogen and oxygen atoms in total. The minimum absolute atomic E-state index is 0.157. The molecule has 0 radical (unpaired) electrons. The number of hydrogen-bond acceptors (Lipinski definition) is 4. The summed E-state index contributed by atoms with van der Waals surface area (Å²) in [6, 6.07) is 7.02. The monoisotopic (exact) mass is 378 g/mol. The summed E-state index contributed by atoms with van der Waals surface area (Å²) < 4.78 is 27.2. The fourth-order valence-corrected chi connectivity index (χ4v) is 5.03. The van der Waals surface area contributed by atoms with Crippen LogP contribution in [-0.4, -0.2) is 26.0 Å². The first-order valence-corrected chi connectivity index (χ1v) is 11.0. The second-order valence-electron chi connectivity index (χ2n) is 7.43. The number of imide groups is 1. The predicted octanol–water partition coefficient (Wildman–Crippen LogP) is 2.60. The van der Waals surface area contributed by atoms with Gasteiger partial charge in [-0.25, -0.2) is 8.42 Å². The van der Waals surface area contributed by atoms with Crippen molar-refractivity contribution in [3.63, 3.8) is 0 Å². The third kappa shape index (κ3) is 5.30. The van der Waals surface area contributed by atoms with Gasteiger partial charge >= 0.3 is 0 Å². The number of nitrogens with one attached hydrogen (secondary N) is 2. The largest absolute Gasteiger partial charge is 0.296 e. The van der Waals surface area contributed by atoms with Crippen LogP contribution in [0.4, 0.5) is 5.69 Å². The normalized spacial score (nSPS) is 21.6. The highest BCUT2D eigenvalue weighted by molar-refractivity contribution is 7.92. The first kappa shape index (κ1) is 18.9.